The van der Waals surface area contributed by atoms with E-state index >= 15 is 0 Å². The van der Waals surface area contributed by atoms with Crippen LogP contribution in [0.15, 0.2) is 55.1 Å². The van der Waals surface area contributed by atoms with Crippen LogP contribution in [0.4, 0.5) is 0 Å². The number of carbonyl (C=O) groups is 2. The summed E-state index contributed by atoms with van der Waals surface area (Å²) in [4.78, 5) is 23.3. The van der Waals surface area contributed by atoms with Gasteiger partial charge in [-0.05, 0) is 23.3 Å². The van der Waals surface area contributed by atoms with Crippen molar-refractivity contribution in [2.24, 2.45) is 0 Å². The molecule has 0 amide bonds. The second-order valence-corrected chi connectivity index (χ2v) is 5.33. The fourth-order valence-electron chi connectivity index (χ4n) is 2.26. The van der Waals surface area contributed by atoms with E-state index in [1.807, 2.05) is 30.3 Å². The van der Waals surface area contributed by atoms with Crippen molar-refractivity contribution >= 4 is 17.5 Å². The molecular formula is C20H20O5. The van der Waals surface area contributed by atoms with Gasteiger partial charge in [0.15, 0.2) is 0 Å². The van der Waals surface area contributed by atoms with Crippen LogP contribution in [0.25, 0.3) is 5.57 Å². The number of methoxy groups -OCH3 is 2. The molecule has 0 aromatic heterocycles. The quantitative estimate of drug-likeness (QED) is 0.572. The van der Waals surface area contributed by atoms with Gasteiger partial charge in [0, 0.05) is 5.56 Å². The minimum Gasteiger partial charge on any atom is -0.488 e. The monoisotopic (exact) mass is 340 g/mol. The highest BCUT2D eigenvalue weighted by molar-refractivity contribution is 6.16. The van der Waals surface area contributed by atoms with E-state index in [0.717, 1.165) is 5.56 Å². The molecule has 25 heavy (non-hydrogen) atoms. The van der Waals surface area contributed by atoms with Gasteiger partial charge in [0.05, 0.1) is 26.2 Å². The fraction of sp³-hybridized carbons (Fsp3) is 0.200. The van der Waals surface area contributed by atoms with Crippen molar-refractivity contribution in [3.05, 3.63) is 71.8 Å². The molecule has 130 valence electrons. The van der Waals surface area contributed by atoms with Gasteiger partial charge in [-0.1, -0.05) is 43.0 Å². The van der Waals surface area contributed by atoms with Gasteiger partial charge < -0.3 is 14.2 Å². The number of carbonyl (C=O) groups excluding carboxylic acids is 2. The highest BCUT2D eigenvalue weighted by atomic mass is 16.5. The van der Waals surface area contributed by atoms with Gasteiger partial charge in [-0.2, -0.15) is 0 Å². The molecule has 5 nitrogen and oxygen atoms in total. The van der Waals surface area contributed by atoms with Crippen molar-refractivity contribution in [3.8, 4) is 5.75 Å². The van der Waals surface area contributed by atoms with Crippen LogP contribution in [0.1, 0.15) is 16.7 Å². The summed E-state index contributed by atoms with van der Waals surface area (Å²) in [5.74, 6) is -0.430. The summed E-state index contributed by atoms with van der Waals surface area (Å²) in [7, 11) is 2.62. The van der Waals surface area contributed by atoms with Crippen LogP contribution >= 0.6 is 0 Å². The van der Waals surface area contributed by atoms with Crippen LogP contribution in [0.2, 0.25) is 0 Å². The first-order chi connectivity index (χ1) is 12.0. The predicted molar refractivity (Wildman–Crippen MR) is 94.0 cm³/mol. The fourth-order valence-corrected chi connectivity index (χ4v) is 2.26. The van der Waals surface area contributed by atoms with Crippen LogP contribution in [0, 0.1) is 0 Å². The maximum absolute atomic E-state index is 11.9. The van der Waals surface area contributed by atoms with Gasteiger partial charge in [0.25, 0.3) is 0 Å². The molecule has 2 rings (SSSR count). The summed E-state index contributed by atoms with van der Waals surface area (Å²) in [6.07, 6.45) is 0.0942. The van der Waals surface area contributed by atoms with E-state index < -0.39 is 5.97 Å². The number of rotatable bonds is 7. The molecule has 0 aliphatic carbocycles. The Bertz CT molecular complexity index is 765. The number of ether oxygens (including phenoxy) is 3. The molecule has 0 heterocycles. The first-order valence-electron chi connectivity index (χ1n) is 7.69. The van der Waals surface area contributed by atoms with Gasteiger partial charge in [0.1, 0.15) is 12.4 Å². The Balaban J connectivity index is 2.28. The Morgan fingerprint density at radius 3 is 2.32 bits per heavy atom. The lowest BCUT2D eigenvalue weighted by molar-refractivity contribution is -0.139. The minimum absolute atomic E-state index is 0.0942. The Hall–Kier alpha value is -3.08. The third kappa shape index (κ3) is 4.94. The average Bonchev–Trinajstić information content (AvgIpc) is 2.66. The first-order valence-corrected chi connectivity index (χ1v) is 7.69. The lowest BCUT2D eigenvalue weighted by atomic mass is 10.0. The molecule has 0 aliphatic rings. The third-order valence-electron chi connectivity index (χ3n) is 3.61. The van der Waals surface area contributed by atoms with Crippen LogP contribution in [0.3, 0.4) is 0 Å². The summed E-state index contributed by atoms with van der Waals surface area (Å²) >= 11 is 0. The molecular weight excluding hydrogens is 320 g/mol. The smallest absolute Gasteiger partial charge is 0.337 e. The Labute approximate surface area is 146 Å². The number of hydrogen-bond acceptors (Lipinski definition) is 5. The van der Waals surface area contributed by atoms with Crippen molar-refractivity contribution < 1.29 is 23.8 Å². The van der Waals surface area contributed by atoms with E-state index in [0.29, 0.717) is 23.5 Å². The topological polar surface area (TPSA) is 61.8 Å². The van der Waals surface area contributed by atoms with Crippen molar-refractivity contribution in [1.82, 2.24) is 0 Å². The summed E-state index contributed by atoms with van der Waals surface area (Å²) in [5.41, 5.74) is 2.34. The van der Waals surface area contributed by atoms with E-state index in [1.54, 1.807) is 18.2 Å². The molecule has 0 aliphatic heterocycles. The molecule has 2 aromatic rings. The molecule has 0 saturated carbocycles. The number of hydrogen-bond donors (Lipinski definition) is 0. The maximum Gasteiger partial charge on any atom is 0.337 e. The minimum atomic E-state index is -0.556. The Morgan fingerprint density at radius 2 is 1.68 bits per heavy atom. The largest absolute Gasteiger partial charge is 0.488 e. The van der Waals surface area contributed by atoms with Crippen molar-refractivity contribution in [2.45, 2.75) is 13.0 Å². The Morgan fingerprint density at radius 1 is 0.960 bits per heavy atom. The lowest BCUT2D eigenvalue weighted by Gasteiger charge is -2.14. The zero-order chi connectivity index (χ0) is 18.2. The molecule has 0 radical (unpaired) electrons. The number of esters is 2. The first kappa shape index (κ1) is 18.3. The number of benzene rings is 2. The zero-order valence-electron chi connectivity index (χ0n) is 14.3. The zero-order valence-corrected chi connectivity index (χ0v) is 14.3. The standard InChI is InChI=1S/C20H20O5/c1-14(20(22)24-3)17-11-16(12-19(21)23-2)9-10-18(17)25-13-15-7-5-4-6-8-15/h4-11H,1,12-13H2,2-3H3. The van der Waals surface area contributed by atoms with Crippen LogP contribution in [-0.4, -0.2) is 26.2 Å². The highest BCUT2D eigenvalue weighted by Crippen LogP contribution is 2.28. The van der Waals surface area contributed by atoms with E-state index in [4.69, 9.17) is 9.47 Å². The van der Waals surface area contributed by atoms with E-state index in [-0.39, 0.29) is 18.0 Å². The van der Waals surface area contributed by atoms with Gasteiger partial charge >= 0.3 is 11.9 Å². The predicted octanol–water partition coefficient (Wildman–Crippen LogP) is 3.17. The lowest BCUT2D eigenvalue weighted by Crippen LogP contribution is -2.08. The van der Waals surface area contributed by atoms with Crippen LogP contribution < -0.4 is 4.74 Å². The second kappa shape index (κ2) is 8.68. The van der Waals surface area contributed by atoms with Crippen molar-refractivity contribution in [2.75, 3.05) is 14.2 Å². The molecule has 0 fully saturated rings. The molecule has 0 unspecified atom stereocenters. The molecule has 0 atom stereocenters. The van der Waals surface area contributed by atoms with Crippen LogP contribution in [0.5, 0.6) is 5.75 Å². The molecule has 2 aromatic carbocycles. The summed E-state index contributed by atoms with van der Waals surface area (Å²) in [6, 6.07) is 14.8. The SMILES string of the molecule is C=C(C(=O)OC)c1cc(CC(=O)OC)ccc1OCc1ccccc1. The normalized spacial score (nSPS) is 10.0. The summed E-state index contributed by atoms with van der Waals surface area (Å²) < 4.78 is 15.3. The second-order valence-electron chi connectivity index (χ2n) is 5.33. The molecule has 0 bridgehead atoms. The van der Waals surface area contributed by atoms with Gasteiger partial charge in [-0.3, -0.25) is 4.79 Å². The van der Waals surface area contributed by atoms with Crippen LogP contribution in [-0.2, 0) is 32.1 Å². The van der Waals surface area contributed by atoms with Gasteiger partial charge in [-0.25, -0.2) is 4.79 Å². The van der Waals surface area contributed by atoms with Gasteiger partial charge in [0.2, 0.25) is 0 Å². The molecule has 0 spiro atoms. The van der Waals surface area contributed by atoms with Gasteiger partial charge in [-0.15, -0.1) is 0 Å². The van der Waals surface area contributed by atoms with Crippen molar-refractivity contribution in [1.29, 1.82) is 0 Å². The third-order valence-corrected chi connectivity index (χ3v) is 3.61. The summed E-state index contributed by atoms with van der Waals surface area (Å²) in [5, 5.41) is 0. The molecule has 0 saturated heterocycles. The summed E-state index contributed by atoms with van der Waals surface area (Å²) in [6.45, 7) is 4.13. The molecule has 0 N–H and O–H groups in total. The van der Waals surface area contributed by atoms with E-state index in [1.165, 1.54) is 14.2 Å². The Kier molecular flexibility index (Phi) is 6.34. The van der Waals surface area contributed by atoms with E-state index in [2.05, 4.69) is 11.3 Å². The highest BCUT2D eigenvalue weighted by Gasteiger charge is 2.17. The maximum atomic E-state index is 11.9. The van der Waals surface area contributed by atoms with Crippen molar-refractivity contribution in [3.63, 3.8) is 0 Å². The van der Waals surface area contributed by atoms with E-state index in [9.17, 15) is 9.59 Å². The molecule has 5 heteroatoms. The average molecular weight is 340 g/mol.